The van der Waals surface area contributed by atoms with E-state index in [2.05, 4.69) is 58.2 Å². The Bertz CT molecular complexity index is 473. The molecule has 1 aromatic heterocycles. The van der Waals surface area contributed by atoms with Crippen molar-refractivity contribution in [3.63, 3.8) is 0 Å². The van der Waals surface area contributed by atoms with Gasteiger partial charge in [0, 0.05) is 0 Å². The van der Waals surface area contributed by atoms with E-state index >= 15 is 0 Å². The predicted molar refractivity (Wildman–Crippen MR) is 100 cm³/mol. The van der Waals surface area contributed by atoms with Crippen molar-refractivity contribution in [3.05, 3.63) is 7.76 Å². The van der Waals surface area contributed by atoms with E-state index in [1.54, 1.807) is 0 Å². The van der Waals surface area contributed by atoms with E-state index in [9.17, 15) is 0 Å². The summed E-state index contributed by atoms with van der Waals surface area (Å²) < 4.78 is 13.8. The molecule has 0 fully saturated rings. The Hall–Kier alpha value is 0.760. The molecule has 0 radical (unpaired) electrons. The zero-order valence-electron chi connectivity index (χ0n) is 12.4. The minimum absolute atomic E-state index is 0.0845. The third kappa shape index (κ3) is 3.51. The molecule has 1 aliphatic rings. The van der Waals surface area contributed by atoms with Gasteiger partial charge in [-0.15, -0.1) is 0 Å². The maximum atomic E-state index is 6.16. The van der Waals surface area contributed by atoms with E-state index in [4.69, 9.17) is 9.47 Å². The normalized spacial score (nSPS) is 19.0. The summed E-state index contributed by atoms with van der Waals surface area (Å²) in [4.78, 5) is 3.71. The Kier molecular flexibility index (Phi) is 4.68. The Morgan fingerprint density at radius 3 is 2.16 bits per heavy atom. The number of hydrogen-bond acceptors (Lipinski definition) is 3. The number of halogens is 2. The van der Waals surface area contributed by atoms with E-state index in [-0.39, 0.29) is 10.8 Å². The first-order chi connectivity index (χ1) is 8.62. The first kappa shape index (κ1) is 16.1. The Labute approximate surface area is 137 Å². The predicted octanol–water partition coefficient (Wildman–Crippen LogP) is 5.50. The van der Waals surface area contributed by atoms with Gasteiger partial charge in [-0.05, 0) is 0 Å². The number of fused-ring (bicyclic) bond motifs is 1. The van der Waals surface area contributed by atoms with Gasteiger partial charge in [0.2, 0.25) is 0 Å². The monoisotopic (exact) mass is 508 g/mol. The fourth-order valence-electron chi connectivity index (χ4n) is 1.87. The van der Waals surface area contributed by atoms with Gasteiger partial charge in [-0.25, -0.2) is 0 Å². The van der Waals surface area contributed by atoms with Gasteiger partial charge in [-0.3, -0.25) is 0 Å². The molecule has 0 saturated heterocycles. The van der Waals surface area contributed by atoms with E-state index in [0.29, 0.717) is 0 Å². The van der Waals surface area contributed by atoms with E-state index in [1.807, 2.05) is 11.3 Å². The molecule has 0 aliphatic carbocycles. The topological polar surface area (TPSA) is 18.5 Å². The van der Waals surface area contributed by atoms with Gasteiger partial charge in [0.1, 0.15) is 0 Å². The Balaban J connectivity index is 2.52. The Morgan fingerprint density at radius 2 is 1.68 bits per heavy atom. The summed E-state index contributed by atoms with van der Waals surface area (Å²) in [5.41, 5.74) is 0.203. The molecule has 0 spiro atoms. The first-order valence-electron chi connectivity index (χ1n) is 6.31. The summed E-state index contributed by atoms with van der Waals surface area (Å²) >= 11 is 3.42. The molecule has 0 bridgehead atoms. The molecular formula is C14H22I2O2S. The van der Waals surface area contributed by atoms with Crippen LogP contribution in [0.2, 0.25) is 0 Å². The van der Waals surface area contributed by atoms with Crippen molar-refractivity contribution in [2.75, 3.05) is 18.1 Å². The second-order valence-corrected chi connectivity index (χ2v) is 20.1. The van der Waals surface area contributed by atoms with Crippen molar-refractivity contribution in [1.29, 1.82) is 0 Å². The van der Waals surface area contributed by atoms with Crippen LogP contribution in [0.15, 0.2) is 0 Å². The molecule has 1 aromatic rings. The van der Waals surface area contributed by atoms with Crippen LogP contribution in [0.1, 0.15) is 39.5 Å². The molecule has 0 amide bonds. The van der Waals surface area contributed by atoms with Crippen LogP contribution in [-0.4, -0.2) is 18.1 Å². The molecule has 0 unspecified atom stereocenters. The van der Waals surface area contributed by atoms with Gasteiger partial charge in [0.25, 0.3) is 0 Å². The van der Waals surface area contributed by atoms with Crippen molar-refractivity contribution in [2.24, 2.45) is 5.41 Å². The molecule has 2 nitrogen and oxygen atoms in total. The summed E-state index contributed by atoms with van der Waals surface area (Å²) in [5.74, 6) is 2.08. The van der Waals surface area contributed by atoms with E-state index in [0.717, 1.165) is 24.7 Å². The van der Waals surface area contributed by atoms with Crippen LogP contribution in [0.5, 0.6) is 11.5 Å². The van der Waals surface area contributed by atoms with Gasteiger partial charge in [-0.2, -0.15) is 0 Å². The van der Waals surface area contributed by atoms with Gasteiger partial charge in [0.05, 0.1) is 0 Å². The average Bonchev–Trinajstić information content (AvgIpc) is 2.55. The summed E-state index contributed by atoms with van der Waals surface area (Å²) in [6.45, 7) is 12.6. The van der Waals surface area contributed by atoms with Crippen molar-refractivity contribution >= 4 is 45.8 Å². The van der Waals surface area contributed by atoms with Crippen molar-refractivity contribution in [3.8, 4) is 11.5 Å². The summed E-state index contributed by atoms with van der Waals surface area (Å²) in [7, 11) is 0. The van der Waals surface area contributed by atoms with Crippen molar-refractivity contribution in [2.45, 2.75) is 40.0 Å². The fourth-order valence-corrected chi connectivity index (χ4v) is 8.51. The molecule has 0 saturated carbocycles. The average molecular weight is 508 g/mol. The van der Waals surface area contributed by atoms with Gasteiger partial charge in [0.15, 0.2) is 0 Å². The zero-order valence-corrected chi connectivity index (χ0v) is 17.5. The molecule has 2 rings (SSSR count). The molecule has 110 valence electrons. The van der Waals surface area contributed by atoms with Crippen molar-refractivity contribution in [1.82, 2.24) is 0 Å². The molecule has 0 aromatic carbocycles. The molecular weight excluding hydrogens is 486 g/mol. The van der Waals surface area contributed by atoms with Gasteiger partial charge < -0.3 is 0 Å². The van der Waals surface area contributed by atoms with Crippen molar-refractivity contribution < 1.29 is 9.47 Å². The van der Waals surface area contributed by atoms with Crippen LogP contribution < -0.4 is 9.47 Å². The molecule has 0 atom stereocenters. The van der Waals surface area contributed by atoms with Gasteiger partial charge >= 0.3 is 138 Å². The van der Waals surface area contributed by atoms with Gasteiger partial charge in [-0.1, -0.05) is 0 Å². The van der Waals surface area contributed by atoms with E-state index < -0.39 is 15.8 Å². The number of thiophene rings is 1. The summed E-state index contributed by atoms with van der Waals surface area (Å²) in [5, 5.41) is 0. The molecule has 19 heavy (non-hydrogen) atoms. The van der Waals surface area contributed by atoms with Crippen LogP contribution in [-0.2, 0) is 5.41 Å². The Morgan fingerprint density at radius 1 is 1.16 bits per heavy atom. The fraction of sp³-hybridized carbons (Fsp3) is 0.714. The molecule has 1 aliphatic heterocycles. The van der Waals surface area contributed by atoms with Crippen LogP contribution >= 0.6 is 45.8 Å². The first-order valence-corrected chi connectivity index (χ1v) is 16.6. The quantitative estimate of drug-likeness (QED) is 0.369. The van der Waals surface area contributed by atoms with Crippen LogP contribution in [0, 0.1) is 8.30 Å². The second kappa shape index (κ2) is 5.51. The molecule has 0 N–H and O–H groups in total. The number of alkyl halides is 1. The maximum absolute atomic E-state index is 6.16. The number of ether oxygens (including phenoxy) is 2. The minimum atomic E-state index is -1.10. The SMILES string of the molecule is CI(I)c1sc(C(C)(C)C)c2c1OCC(C)(C)CO2. The molecule has 2 heterocycles. The number of hydrogen-bond donors (Lipinski definition) is 0. The second-order valence-electron chi connectivity index (χ2n) is 6.76. The third-order valence-electron chi connectivity index (χ3n) is 2.91. The van der Waals surface area contributed by atoms with Crippen LogP contribution in [0.25, 0.3) is 0 Å². The number of rotatable bonds is 1. The standard InChI is InChI=1S/C14H22I2O2S/c1-13(2,3)11-9-10(12(19-11)16(6)15)18-8-14(4,5)7-17-9/h7-8H2,1-6H3. The zero-order chi connectivity index (χ0) is 14.4. The molecule has 5 heteroatoms. The summed E-state index contributed by atoms with van der Waals surface area (Å²) in [6, 6.07) is 0. The van der Waals surface area contributed by atoms with E-state index in [1.165, 1.54) is 7.76 Å². The third-order valence-corrected chi connectivity index (χ3v) is 12.9. The summed E-state index contributed by atoms with van der Waals surface area (Å²) in [6.07, 6.45) is 0. The van der Waals surface area contributed by atoms with Crippen LogP contribution in [0.3, 0.4) is 0 Å². The van der Waals surface area contributed by atoms with Crippen LogP contribution in [0.4, 0.5) is 0 Å².